The quantitative estimate of drug-likeness (QED) is 0.766. The fourth-order valence-electron chi connectivity index (χ4n) is 3.97. The van der Waals surface area contributed by atoms with Crippen LogP contribution in [0.2, 0.25) is 0 Å². The standard InChI is InChI=1S/C23H33FN4/c1-5-28(22-21(26-23(2,3)4)15-19(24)16-25-22)20-11-13-27(14-12-20)17-18-9-7-6-8-10-18/h6-10,15-16,20,26H,5,11-14,17H2,1-4H3. The maximum absolute atomic E-state index is 13.9. The predicted molar refractivity (Wildman–Crippen MR) is 115 cm³/mol. The average molecular weight is 385 g/mol. The van der Waals surface area contributed by atoms with E-state index in [-0.39, 0.29) is 11.4 Å². The van der Waals surface area contributed by atoms with Crippen LogP contribution in [0.25, 0.3) is 0 Å². The van der Waals surface area contributed by atoms with E-state index in [4.69, 9.17) is 0 Å². The Morgan fingerprint density at radius 3 is 2.46 bits per heavy atom. The second-order valence-corrected chi connectivity index (χ2v) is 8.68. The number of piperidine rings is 1. The van der Waals surface area contributed by atoms with Crippen molar-refractivity contribution in [2.45, 2.75) is 58.7 Å². The van der Waals surface area contributed by atoms with Crippen LogP contribution in [0.5, 0.6) is 0 Å². The summed E-state index contributed by atoms with van der Waals surface area (Å²) in [4.78, 5) is 9.33. The third kappa shape index (κ3) is 5.44. The summed E-state index contributed by atoms with van der Waals surface area (Å²) in [6.45, 7) is 12.4. The van der Waals surface area contributed by atoms with E-state index in [0.29, 0.717) is 6.04 Å². The molecular formula is C23H33FN4. The molecule has 0 radical (unpaired) electrons. The number of rotatable bonds is 6. The van der Waals surface area contributed by atoms with Gasteiger partial charge in [0.05, 0.1) is 11.9 Å². The van der Waals surface area contributed by atoms with Gasteiger partial charge >= 0.3 is 0 Å². The minimum atomic E-state index is -0.302. The Hall–Kier alpha value is -2.14. The van der Waals surface area contributed by atoms with E-state index < -0.39 is 0 Å². The molecule has 0 aliphatic carbocycles. The Labute approximate surface area is 168 Å². The lowest BCUT2D eigenvalue weighted by Gasteiger charge is -2.40. The number of halogens is 1. The van der Waals surface area contributed by atoms with Crippen molar-refractivity contribution in [3.05, 3.63) is 54.0 Å². The zero-order valence-electron chi connectivity index (χ0n) is 17.6. The van der Waals surface area contributed by atoms with Gasteiger partial charge in [-0.2, -0.15) is 0 Å². The van der Waals surface area contributed by atoms with Crippen molar-refractivity contribution in [2.24, 2.45) is 0 Å². The minimum absolute atomic E-state index is 0.150. The van der Waals surface area contributed by atoms with Crippen molar-refractivity contribution in [1.29, 1.82) is 0 Å². The summed E-state index contributed by atoms with van der Waals surface area (Å²) in [6, 6.07) is 12.6. The normalized spacial score (nSPS) is 16.2. The van der Waals surface area contributed by atoms with Gasteiger partial charge in [-0.05, 0) is 46.1 Å². The van der Waals surface area contributed by atoms with Crippen molar-refractivity contribution in [1.82, 2.24) is 9.88 Å². The maximum Gasteiger partial charge on any atom is 0.152 e. The molecule has 0 amide bonds. The van der Waals surface area contributed by atoms with Crippen LogP contribution in [0.4, 0.5) is 15.9 Å². The zero-order chi connectivity index (χ0) is 20.1. The third-order valence-electron chi connectivity index (χ3n) is 5.20. The first-order chi connectivity index (χ1) is 13.4. The summed E-state index contributed by atoms with van der Waals surface area (Å²) in [6.07, 6.45) is 3.51. The number of anilines is 2. The molecule has 152 valence electrons. The summed E-state index contributed by atoms with van der Waals surface area (Å²) < 4.78 is 13.9. The molecule has 0 unspecified atom stereocenters. The molecule has 1 aliphatic rings. The molecule has 1 fully saturated rings. The summed E-state index contributed by atoms with van der Waals surface area (Å²) >= 11 is 0. The maximum atomic E-state index is 13.9. The van der Waals surface area contributed by atoms with E-state index in [9.17, 15) is 4.39 Å². The number of aromatic nitrogens is 1. The van der Waals surface area contributed by atoms with Crippen LogP contribution in [0, 0.1) is 5.82 Å². The fourth-order valence-corrected chi connectivity index (χ4v) is 3.97. The van der Waals surface area contributed by atoms with Crippen LogP contribution in [-0.4, -0.2) is 41.1 Å². The second kappa shape index (κ2) is 8.91. The summed E-state index contributed by atoms with van der Waals surface area (Å²) in [5.74, 6) is 0.560. The van der Waals surface area contributed by atoms with Crippen molar-refractivity contribution in [2.75, 3.05) is 29.9 Å². The molecule has 1 aromatic heterocycles. The molecule has 2 heterocycles. The highest BCUT2D eigenvalue weighted by Crippen LogP contribution is 2.31. The lowest BCUT2D eigenvalue weighted by molar-refractivity contribution is 0.201. The number of hydrogen-bond donors (Lipinski definition) is 1. The Morgan fingerprint density at radius 1 is 1.18 bits per heavy atom. The topological polar surface area (TPSA) is 31.4 Å². The van der Waals surface area contributed by atoms with Gasteiger partial charge in [-0.15, -0.1) is 0 Å². The van der Waals surface area contributed by atoms with Crippen LogP contribution < -0.4 is 10.2 Å². The van der Waals surface area contributed by atoms with E-state index in [0.717, 1.165) is 50.5 Å². The van der Waals surface area contributed by atoms with E-state index >= 15 is 0 Å². The molecule has 1 aliphatic heterocycles. The Kier molecular flexibility index (Phi) is 6.55. The van der Waals surface area contributed by atoms with E-state index in [2.05, 4.69) is 78.1 Å². The molecule has 0 saturated carbocycles. The smallest absolute Gasteiger partial charge is 0.152 e. The van der Waals surface area contributed by atoms with Crippen LogP contribution in [0.1, 0.15) is 46.1 Å². The Bertz CT molecular complexity index is 749. The summed E-state index contributed by atoms with van der Waals surface area (Å²) in [5.41, 5.74) is 1.99. The SMILES string of the molecule is CCN(c1ncc(F)cc1NC(C)(C)C)C1CCN(Cc2ccccc2)CC1. The van der Waals surface area contributed by atoms with Gasteiger partial charge < -0.3 is 10.2 Å². The monoisotopic (exact) mass is 384 g/mol. The molecule has 5 heteroatoms. The fraction of sp³-hybridized carbons (Fsp3) is 0.522. The van der Waals surface area contributed by atoms with Crippen molar-refractivity contribution < 1.29 is 4.39 Å². The van der Waals surface area contributed by atoms with Gasteiger partial charge in [0.25, 0.3) is 0 Å². The first-order valence-electron chi connectivity index (χ1n) is 10.3. The van der Waals surface area contributed by atoms with Gasteiger partial charge in [0.1, 0.15) is 5.82 Å². The molecule has 0 bridgehead atoms. The van der Waals surface area contributed by atoms with Crippen molar-refractivity contribution in [3.63, 3.8) is 0 Å². The second-order valence-electron chi connectivity index (χ2n) is 8.68. The van der Waals surface area contributed by atoms with Crippen LogP contribution in [0.3, 0.4) is 0 Å². The van der Waals surface area contributed by atoms with Gasteiger partial charge in [-0.25, -0.2) is 9.37 Å². The molecule has 1 aromatic carbocycles. The highest BCUT2D eigenvalue weighted by molar-refractivity contribution is 5.67. The van der Waals surface area contributed by atoms with Gasteiger partial charge in [0.15, 0.2) is 5.82 Å². The number of likely N-dealkylation sites (tertiary alicyclic amines) is 1. The lowest BCUT2D eigenvalue weighted by atomic mass is 10.0. The lowest BCUT2D eigenvalue weighted by Crippen LogP contribution is -2.45. The van der Waals surface area contributed by atoms with Crippen LogP contribution in [-0.2, 0) is 6.54 Å². The summed E-state index contributed by atoms with van der Waals surface area (Å²) in [7, 11) is 0. The Morgan fingerprint density at radius 2 is 1.86 bits per heavy atom. The number of nitrogens with one attached hydrogen (secondary N) is 1. The molecule has 1 saturated heterocycles. The van der Waals surface area contributed by atoms with Crippen molar-refractivity contribution >= 4 is 11.5 Å². The molecular weight excluding hydrogens is 351 g/mol. The zero-order valence-corrected chi connectivity index (χ0v) is 17.6. The molecule has 3 rings (SSSR count). The van der Waals surface area contributed by atoms with Crippen LogP contribution >= 0.6 is 0 Å². The first-order valence-corrected chi connectivity index (χ1v) is 10.3. The number of nitrogens with zero attached hydrogens (tertiary/aromatic N) is 3. The predicted octanol–water partition coefficient (Wildman–Crippen LogP) is 4.92. The molecule has 4 nitrogen and oxygen atoms in total. The highest BCUT2D eigenvalue weighted by Gasteiger charge is 2.27. The summed E-state index contributed by atoms with van der Waals surface area (Å²) in [5, 5.41) is 3.43. The number of benzene rings is 1. The van der Waals surface area contributed by atoms with Crippen molar-refractivity contribution in [3.8, 4) is 0 Å². The van der Waals surface area contributed by atoms with Gasteiger partial charge in [0.2, 0.25) is 0 Å². The van der Waals surface area contributed by atoms with Crippen LogP contribution in [0.15, 0.2) is 42.6 Å². The molecule has 1 N–H and O–H groups in total. The molecule has 0 atom stereocenters. The van der Waals surface area contributed by atoms with Gasteiger partial charge in [-0.3, -0.25) is 4.90 Å². The molecule has 0 spiro atoms. The highest BCUT2D eigenvalue weighted by atomic mass is 19.1. The minimum Gasteiger partial charge on any atom is -0.377 e. The molecule has 28 heavy (non-hydrogen) atoms. The molecule has 2 aromatic rings. The largest absolute Gasteiger partial charge is 0.377 e. The number of hydrogen-bond acceptors (Lipinski definition) is 4. The van der Waals surface area contributed by atoms with E-state index in [1.165, 1.54) is 11.8 Å². The van der Waals surface area contributed by atoms with Gasteiger partial charge in [0, 0.05) is 43.8 Å². The Balaban J connectivity index is 1.69. The van der Waals surface area contributed by atoms with Gasteiger partial charge in [-0.1, -0.05) is 30.3 Å². The van der Waals surface area contributed by atoms with E-state index in [1.807, 2.05) is 0 Å². The average Bonchev–Trinajstić information content (AvgIpc) is 2.65. The van der Waals surface area contributed by atoms with E-state index in [1.54, 1.807) is 6.07 Å². The third-order valence-corrected chi connectivity index (χ3v) is 5.20. The number of pyridine rings is 1. The first kappa shape index (κ1) is 20.6.